The highest BCUT2D eigenvalue weighted by Crippen LogP contribution is 2.41. The first-order valence-corrected chi connectivity index (χ1v) is 18.4. The molecule has 0 spiro atoms. The third-order valence-electron chi connectivity index (χ3n) is 6.97. The second-order valence-electron chi connectivity index (χ2n) is 10.5. The van der Waals surface area contributed by atoms with Gasteiger partial charge in [0.05, 0.1) is 22.0 Å². The van der Waals surface area contributed by atoms with Crippen LogP contribution in [0.5, 0.6) is 5.75 Å². The summed E-state index contributed by atoms with van der Waals surface area (Å²) >= 11 is 15.3. The number of aryl methyl sites for hydroxylation is 3. The van der Waals surface area contributed by atoms with E-state index in [4.69, 9.17) is 37.1 Å². The number of carbonyl (C=O) groups excluding carboxylic acids is 2. The van der Waals surface area contributed by atoms with Crippen LogP contribution in [0.25, 0.3) is 11.0 Å². The fraction of sp³-hybridized carbons (Fsp3) is 0.436. The molecule has 48 heavy (non-hydrogen) atoms. The molecule has 4 rings (SSSR count). The summed E-state index contributed by atoms with van der Waals surface area (Å²) in [5, 5.41) is 1.13. The van der Waals surface area contributed by atoms with E-state index in [9.17, 15) is 9.59 Å². The average molecular weight is 766 g/mol. The number of halogens is 3. The number of anilines is 1. The van der Waals surface area contributed by atoms with E-state index in [1.807, 2.05) is 27.7 Å². The summed E-state index contributed by atoms with van der Waals surface area (Å²) in [5.41, 5.74) is 4.43. The van der Waals surface area contributed by atoms with Gasteiger partial charge >= 0.3 is 11.9 Å². The van der Waals surface area contributed by atoms with Crippen LogP contribution in [0.2, 0.25) is 10.0 Å². The first kappa shape index (κ1) is 43.0. The number of hydrogen-bond donors (Lipinski definition) is 0. The van der Waals surface area contributed by atoms with Gasteiger partial charge < -0.3 is 18.8 Å². The molecule has 4 aromatic rings. The lowest BCUT2D eigenvalue weighted by atomic mass is 10.1. The Kier molecular flexibility index (Phi) is 20.3. The SMILES string of the molecule is CC.CC.CCCCN(CCCC)c1ccc(C)cc1.CCOC(=O)c1c(C)oc2c(C)cc(OC(=O)c3cc(Cl)cc(Cl)c3)c(Br)c12. The summed E-state index contributed by atoms with van der Waals surface area (Å²) in [6.07, 6.45) is 5.12. The Morgan fingerprint density at radius 2 is 1.35 bits per heavy atom. The van der Waals surface area contributed by atoms with Crippen molar-refractivity contribution in [3.63, 3.8) is 0 Å². The fourth-order valence-electron chi connectivity index (χ4n) is 4.66. The molecule has 0 N–H and O–H groups in total. The van der Waals surface area contributed by atoms with E-state index in [1.54, 1.807) is 26.8 Å². The highest BCUT2D eigenvalue weighted by Gasteiger charge is 2.26. The highest BCUT2D eigenvalue weighted by molar-refractivity contribution is 9.10. The molecule has 0 aliphatic heterocycles. The minimum atomic E-state index is -0.637. The van der Waals surface area contributed by atoms with E-state index in [0.29, 0.717) is 36.8 Å². The first-order valence-electron chi connectivity index (χ1n) is 16.9. The van der Waals surface area contributed by atoms with E-state index in [1.165, 1.54) is 68.2 Å². The molecular formula is C39H52BrCl2NO5. The van der Waals surface area contributed by atoms with Crippen molar-refractivity contribution in [1.82, 2.24) is 0 Å². The molecule has 9 heteroatoms. The number of nitrogens with zero attached hydrogens (tertiary/aromatic N) is 1. The second-order valence-corrected chi connectivity index (χ2v) is 12.2. The van der Waals surface area contributed by atoms with Gasteiger partial charge in [0, 0.05) is 28.8 Å². The Balaban J connectivity index is 0.000000490. The number of esters is 2. The van der Waals surface area contributed by atoms with Crippen LogP contribution >= 0.6 is 39.1 Å². The van der Waals surface area contributed by atoms with Crippen LogP contribution in [0, 0.1) is 20.8 Å². The zero-order valence-electron chi connectivity index (χ0n) is 30.2. The molecule has 0 saturated heterocycles. The number of ether oxygens (including phenoxy) is 2. The van der Waals surface area contributed by atoms with Gasteiger partial charge in [0.2, 0.25) is 0 Å². The van der Waals surface area contributed by atoms with Crippen LogP contribution < -0.4 is 9.64 Å². The molecule has 0 fully saturated rings. The maximum atomic E-state index is 12.6. The number of fused-ring (bicyclic) bond motifs is 1. The average Bonchev–Trinajstić information content (AvgIpc) is 3.44. The predicted molar refractivity (Wildman–Crippen MR) is 207 cm³/mol. The van der Waals surface area contributed by atoms with E-state index in [0.717, 1.165) is 0 Å². The van der Waals surface area contributed by atoms with Crippen molar-refractivity contribution in [3.05, 3.63) is 91.1 Å². The predicted octanol–water partition coefficient (Wildman–Crippen LogP) is 13.0. The molecule has 0 unspecified atom stereocenters. The Morgan fingerprint density at radius 1 is 0.812 bits per heavy atom. The van der Waals surface area contributed by atoms with Crippen molar-refractivity contribution in [3.8, 4) is 5.75 Å². The Morgan fingerprint density at radius 3 is 1.85 bits per heavy atom. The van der Waals surface area contributed by atoms with Crippen molar-refractivity contribution in [2.45, 2.75) is 94.9 Å². The number of furan rings is 1. The highest BCUT2D eigenvalue weighted by atomic mass is 79.9. The van der Waals surface area contributed by atoms with Gasteiger partial charge in [-0.1, -0.05) is 95.3 Å². The summed E-state index contributed by atoms with van der Waals surface area (Å²) in [6.45, 7) is 22.5. The second kappa shape index (κ2) is 22.6. The van der Waals surface area contributed by atoms with Crippen molar-refractivity contribution in [1.29, 1.82) is 0 Å². The van der Waals surface area contributed by atoms with E-state index < -0.39 is 11.9 Å². The van der Waals surface area contributed by atoms with E-state index >= 15 is 0 Å². The molecule has 264 valence electrons. The molecule has 0 aliphatic carbocycles. The molecule has 1 heterocycles. The number of benzene rings is 3. The quantitative estimate of drug-likeness (QED) is 0.112. The van der Waals surface area contributed by atoms with Crippen LogP contribution in [0.4, 0.5) is 5.69 Å². The zero-order valence-corrected chi connectivity index (χ0v) is 33.3. The lowest BCUT2D eigenvalue weighted by molar-refractivity contribution is 0.0526. The molecule has 3 aromatic carbocycles. The molecule has 6 nitrogen and oxygen atoms in total. The largest absolute Gasteiger partial charge is 0.462 e. The zero-order chi connectivity index (χ0) is 36.4. The summed E-state index contributed by atoms with van der Waals surface area (Å²) in [5.74, 6) is -0.495. The molecule has 0 aliphatic rings. The maximum absolute atomic E-state index is 12.6. The lowest BCUT2D eigenvalue weighted by Gasteiger charge is -2.24. The molecule has 0 atom stereocenters. The van der Waals surface area contributed by atoms with Gasteiger partial charge in [0.25, 0.3) is 0 Å². The van der Waals surface area contributed by atoms with Crippen LogP contribution in [0.3, 0.4) is 0 Å². The van der Waals surface area contributed by atoms with E-state index in [2.05, 4.69) is 65.9 Å². The Bertz CT molecular complexity index is 1560. The van der Waals surface area contributed by atoms with Crippen LogP contribution in [0.1, 0.15) is 112 Å². The molecule has 0 radical (unpaired) electrons. The smallest absolute Gasteiger partial charge is 0.343 e. The third kappa shape index (κ3) is 12.5. The van der Waals surface area contributed by atoms with Gasteiger partial charge in [0.15, 0.2) is 0 Å². The van der Waals surface area contributed by atoms with Crippen molar-refractivity contribution in [2.75, 3.05) is 24.6 Å². The lowest BCUT2D eigenvalue weighted by Crippen LogP contribution is -2.25. The standard InChI is InChI=1S/C20H15BrCl2O5.C15H25N.2C2H6/c1-4-26-20(25)15-10(3)27-18-9(2)5-14(17(21)16(15)18)28-19(24)11-6-12(22)8-13(23)7-11;1-4-6-12-16(13-7-5-2)15-10-8-14(3)9-11-15;2*1-2/h5-8H,4H2,1-3H3;8-11H,4-7,12-13H2,1-3H3;2*1-2H3. The molecule has 0 bridgehead atoms. The minimum absolute atomic E-state index is 0.205. The summed E-state index contributed by atoms with van der Waals surface area (Å²) in [4.78, 5) is 27.5. The third-order valence-corrected chi connectivity index (χ3v) is 8.19. The number of carbonyl (C=O) groups is 2. The summed E-state index contributed by atoms with van der Waals surface area (Å²) < 4.78 is 16.8. The number of unbranched alkanes of at least 4 members (excludes halogenated alkanes) is 2. The van der Waals surface area contributed by atoms with Gasteiger partial charge in [-0.25, -0.2) is 9.59 Å². The van der Waals surface area contributed by atoms with Crippen LogP contribution in [-0.2, 0) is 4.74 Å². The van der Waals surface area contributed by atoms with Crippen LogP contribution in [-0.4, -0.2) is 31.6 Å². The van der Waals surface area contributed by atoms with Gasteiger partial charge in [0.1, 0.15) is 22.7 Å². The molecule has 1 aromatic heterocycles. The fourth-order valence-corrected chi connectivity index (χ4v) is 5.76. The van der Waals surface area contributed by atoms with Gasteiger partial charge in [-0.3, -0.25) is 0 Å². The molecule has 0 saturated carbocycles. The van der Waals surface area contributed by atoms with Crippen molar-refractivity contribution >= 4 is 67.7 Å². The topological polar surface area (TPSA) is 69.0 Å². The minimum Gasteiger partial charge on any atom is -0.462 e. The monoisotopic (exact) mass is 763 g/mol. The van der Waals surface area contributed by atoms with E-state index in [-0.39, 0.29) is 23.5 Å². The van der Waals surface area contributed by atoms with Gasteiger partial charge in [-0.2, -0.15) is 0 Å². The normalized spacial score (nSPS) is 10.1. The van der Waals surface area contributed by atoms with Crippen LogP contribution in [0.15, 0.2) is 57.4 Å². The van der Waals surface area contributed by atoms with Gasteiger partial charge in [-0.15, -0.1) is 0 Å². The summed E-state index contributed by atoms with van der Waals surface area (Å²) in [7, 11) is 0. The summed E-state index contributed by atoms with van der Waals surface area (Å²) in [6, 6.07) is 15.0. The number of hydrogen-bond acceptors (Lipinski definition) is 6. The van der Waals surface area contributed by atoms with Crippen molar-refractivity contribution < 1.29 is 23.5 Å². The Labute approximate surface area is 306 Å². The Hall–Kier alpha value is -3.00. The van der Waals surface area contributed by atoms with Gasteiger partial charge in [-0.05, 0) is 98.4 Å². The van der Waals surface area contributed by atoms with Crippen molar-refractivity contribution in [2.24, 2.45) is 0 Å². The molecule has 0 amide bonds. The first-order chi connectivity index (χ1) is 23.0. The maximum Gasteiger partial charge on any atom is 0.343 e. The number of rotatable bonds is 11. The molecular weight excluding hydrogens is 713 g/mol.